The highest BCUT2D eigenvalue weighted by atomic mass is 19.4. The van der Waals surface area contributed by atoms with Crippen LogP contribution in [0.4, 0.5) is 22.0 Å². The summed E-state index contributed by atoms with van der Waals surface area (Å²) in [7, 11) is 0. The molecule has 0 amide bonds. The Morgan fingerprint density at radius 1 is 0.950 bits per heavy atom. The number of halogens is 5. The van der Waals surface area contributed by atoms with Gasteiger partial charge < -0.3 is 4.74 Å². The molecular weight excluding hydrogens is 279 g/mol. The lowest BCUT2D eigenvalue weighted by molar-refractivity contribution is -0.284. The minimum absolute atomic E-state index is 0.172. The summed E-state index contributed by atoms with van der Waals surface area (Å²) in [5.74, 6) is -4.19. The molecule has 0 N–H and O–H groups in total. The van der Waals surface area contributed by atoms with Crippen LogP contribution in [0.5, 0.6) is 5.75 Å². The lowest BCUT2D eigenvalue weighted by Crippen LogP contribution is -2.36. The smallest absolute Gasteiger partial charge is 0.453 e. The molecule has 0 saturated carbocycles. The average Bonchev–Trinajstić information content (AvgIpc) is 2.38. The fourth-order valence-electron chi connectivity index (χ4n) is 1.26. The molecule has 0 unspecified atom stereocenters. The Labute approximate surface area is 115 Å². The molecule has 0 atom stereocenters. The van der Waals surface area contributed by atoms with E-state index in [1.54, 1.807) is 24.3 Å². The quantitative estimate of drug-likeness (QED) is 0.524. The predicted molar refractivity (Wildman–Crippen MR) is 68.3 cm³/mol. The Bertz CT molecular complexity index is 370. The van der Waals surface area contributed by atoms with Crippen molar-refractivity contribution >= 4 is 0 Å². The maximum atomic E-state index is 12.5. The predicted octanol–water partition coefficient (Wildman–Crippen LogP) is 5.38. The van der Waals surface area contributed by atoms with E-state index in [9.17, 15) is 22.0 Å². The Morgan fingerprint density at radius 3 is 1.90 bits per heavy atom. The van der Waals surface area contributed by atoms with E-state index in [1.165, 1.54) is 0 Å². The number of hydrogen-bond donors (Lipinski definition) is 0. The third-order valence-corrected chi connectivity index (χ3v) is 2.34. The van der Waals surface area contributed by atoms with Gasteiger partial charge in [-0.15, -0.1) is 0 Å². The van der Waals surface area contributed by atoms with Crippen LogP contribution in [0.2, 0.25) is 0 Å². The van der Waals surface area contributed by atoms with Crippen molar-refractivity contribution in [2.75, 3.05) is 6.61 Å². The molecule has 0 spiro atoms. The van der Waals surface area contributed by atoms with Crippen molar-refractivity contribution in [3.63, 3.8) is 0 Å². The molecule has 116 valence electrons. The first kappa shape index (κ1) is 18.7. The van der Waals surface area contributed by atoms with Crippen LogP contribution in [-0.2, 0) is 0 Å². The average molecular weight is 298 g/mol. The van der Waals surface area contributed by atoms with Gasteiger partial charge in [0, 0.05) is 6.42 Å². The fraction of sp³-hybridized carbons (Fsp3) is 0.571. The molecule has 1 nitrogen and oxygen atoms in total. The number of ether oxygens (including phenoxy) is 1. The van der Waals surface area contributed by atoms with E-state index in [-0.39, 0.29) is 13.0 Å². The van der Waals surface area contributed by atoms with Crippen molar-refractivity contribution in [2.24, 2.45) is 0 Å². The van der Waals surface area contributed by atoms with E-state index < -0.39 is 18.5 Å². The molecule has 0 fully saturated rings. The molecule has 1 rings (SSSR count). The van der Waals surface area contributed by atoms with E-state index in [0.29, 0.717) is 5.75 Å². The first-order valence-corrected chi connectivity index (χ1v) is 6.36. The molecule has 0 bridgehead atoms. The maximum absolute atomic E-state index is 12.5. The van der Waals surface area contributed by atoms with Gasteiger partial charge in [-0.05, 0) is 25.5 Å². The Balaban J connectivity index is 0.00000172. The van der Waals surface area contributed by atoms with Gasteiger partial charge in [0.1, 0.15) is 5.75 Å². The molecule has 0 aliphatic carbocycles. The van der Waals surface area contributed by atoms with Gasteiger partial charge in [-0.3, -0.25) is 0 Å². The Kier molecular flexibility index (Phi) is 7.53. The van der Waals surface area contributed by atoms with Crippen LogP contribution in [0.3, 0.4) is 0 Å². The van der Waals surface area contributed by atoms with Crippen LogP contribution < -0.4 is 4.74 Å². The van der Waals surface area contributed by atoms with Gasteiger partial charge in [-0.2, -0.15) is 22.0 Å². The third-order valence-electron chi connectivity index (χ3n) is 2.34. The monoisotopic (exact) mass is 298 g/mol. The largest absolute Gasteiger partial charge is 0.494 e. The molecule has 0 radical (unpaired) electrons. The van der Waals surface area contributed by atoms with Crippen molar-refractivity contribution in [2.45, 2.75) is 45.7 Å². The van der Waals surface area contributed by atoms with E-state index in [1.807, 2.05) is 20.8 Å². The SMILES string of the molecule is CC.Cc1ccc(OCCCC(F)(F)C(F)(F)F)cc1. The molecule has 0 saturated heterocycles. The summed E-state index contributed by atoms with van der Waals surface area (Å²) >= 11 is 0. The van der Waals surface area contributed by atoms with Crippen LogP contribution in [0.1, 0.15) is 32.3 Å². The summed E-state index contributed by atoms with van der Waals surface area (Å²) in [6.45, 7) is 5.70. The minimum Gasteiger partial charge on any atom is -0.494 e. The number of hydrogen-bond acceptors (Lipinski definition) is 1. The zero-order valence-electron chi connectivity index (χ0n) is 11.7. The summed E-state index contributed by atoms with van der Waals surface area (Å²) in [5.41, 5.74) is 1.01. The summed E-state index contributed by atoms with van der Waals surface area (Å²) in [4.78, 5) is 0. The van der Waals surface area contributed by atoms with E-state index in [2.05, 4.69) is 0 Å². The first-order chi connectivity index (χ1) is 9.22. The zero-order valence-corrected chi connectivity index (χ0v) is 11.7. The Hall–Kier alpha value is -1.33. The highest BCUT2D eigenvalue weighted by Gasteiger charge is 2.56. The fourth-order valence-corrected chi connectivity index (χ4v) is 1.26. The van der Waals surface area contributed by atoms with Gasteiger partial charge in [-0.1, -0.05) is 31.5 Å². The lowest BCUT2D eigenvalue weighted by atomic mass is 10.2. The van der Waals surface area contributed by atoms with Gasteiger partial charge >= 0.3 is 12.1 Å². The Morgan fingerprint density at radius 2 is 1.45 bits per heavy atom. The topological polar surface area (TPSA) is 9.23 Å². The number of benzene rings is 1. The van der Waals surface area contributed by atoms with Crippen LogP contribution in [-0.4, -0.2) is 18.7 Å². The van der Waals surface area contributed by atoms with Gasteiger partial charge in [0.25, 0.3) is 0 Å². The molecule has 1 aromatic carbocycles. The van der Waals surface area contributed by atoms with Gasteiger partial charge in [0.15, 0.2) is 0 Å². The molecule has 0 aliphatic heterocycles. The molecule has 6 heteroatoms. The van der Waals surface area contributed by atoms with E-state index >= 15 is 0 Å². The van der Waals surface area contributed by atoms with Crippen LogP contribution in [0.15, 0.2) is 24.3 Å². The maximum Gasteiger partial charge on any atom is 0.453 e. The summed E-state index contributed by atoms with van der Waals surface area (Å²) in [6, 6.07) is 6.80. The molecular formula is C14H19F5O. The summed E-state index contributed by atoms with van der Waals surface area (Å²) < 4.78 is 65.6. The highest BCUT2D eigenvalue weighted by Crippen LogP contribution is 2.38. The molecule has 0 aromatic heterocycles. The van der Waals surface area contributed by atoms with Crippen LogP contribution in [0.25, 0.3) is 0 Å². The summed E-state index contributed by atoms with van der Waals surface area (Å²) in [5, 5.41) is 0. The molecule has 0 heterocycles. The zero-order chi connectivity index (χ0) is 15.8. The highest BCUT2D eigenvalue weighted by molar-refractivity contribution is 5.26. The molecule has 0 aliphatic rings. The minimum atomic E-state index is -5.49. The van der Waals surface area contributed by atoms with Crippen molar-refractivity contribution < 1.29 is 26.7 Å². The second-order valence-electron chi connectivity index (χ2n) is 3.97. The van der Waals surface area contributed by atoms with Crippen LogP contribution >= 0.6 is 0 Å². The van der Waals surface area contributed by atoms with Crippen molar-refractivity contribution in [3.05, 3.63) is 29.8 Å². The van der Waals surface area contributed by atoms with E-state index in [0.717, 1.165) is 5.56 Å². The van der Waals surface area contributed by atoms with Gasteiger partial charge in [0.05, 0.1) is 6.61 Å². The second-order valence-corrected chi connectivity index (χ2v) is 3.97. The lowest BCUT2D eigenvalue weighted by Gasteiger charge is -2.19. The number of rotatable bonds is 5. The first-order valence-electron chi connectivity index (χ1n) is 6.36. The molecule has 20 heavy (non-hydrogen) atoms. The van der Waals surface area contributed by atoms with Crippen molar-refractivity contribution in [1.82, 2.24) is 0 Å². The molecule has 1 aromatic rings. The number of alkyl halides is 5. The van der Waals surface area contributed by atoms with Crippen molar-refractivity contribution in [3.8, 4) is 5.75 Å². The standard InChI is InChI=1S/C12H13F5O.C2H6/c1-9-3-5-10(6-4-9)18-8-2-7-11(13,14)12(15,16)17;1-2/h3-6H,2,7-8H2,1H3;1-2H3. The van der Waals surface area contributed by atoms with Gasteiger partial charge in [-0.25, -0.2) is 0 Å². The van der Waals surface area contributed by atoms with E-state index in [4.69, 9.17) is 4.74 Å². The third kappa shape index (κ3) is 6.21. The summed E-state index contributed by atoms with van der Waals surface area (Å²) in [6.07, 6.45) is -7.11. The van der Waals surface area contributed by atoms with Crippen LogP contribution in [0, 0.1) is 6.92 Å². The van der Waals surface area contributed by atoms with Gasteiger partial charge in [0.2, 0.25) is 0 Å². The number of aryl methyl sites for hydroxylation is 1. The van der Waals surface area contributed by atoms with Crippen molar-refractivity contribution in [1.29, 1.82) is 0 Å². The second kappa shape index (κ2) is 8.07. The normalized spacial score (nSPS) is 11.6.